The van der Waals surface area contributed by atoms with Gasteiger partial charge < -0.3 is 15.1 Å². The predicted molar refractivity (Wildman–Crippen MR) is 89.9 cm³/mol. The van der Waals surface area contributed by atoms with Gasteiger partial charge in [0.25, 0.3) is 5.69 Å². The van der Waals surface area contributed by atoms with Gasteiger partial charge in [-0.3, -0.25) is 14.9 Å². The third kappa shape index (κ3) is 2.73. The standard InChI is InChI=1S/C17H22N4O3/c22-17(16-2-1-7-18-16)20-10-12-8-19(9-13(12)11-20)14-3-5-15(6-4-14)21(23)24/h3-6,12-13,16,18H,1-2,7-11H2. The number of nitrogens with one attached hydrogen (secondary N) is 1. The van der Waals surface area contributed by atoms with Crippen LogP contribution < -0.4 is 10.2 Å². The number of rotatable bonds is 3. The number of carbonyl (C=O) groups is 1. The number of benzene rings is 1. The van der Waals surface area contributed by atoms with E-state index in [0.717, 1.165) is 51.3 Å². The molecule has 7 heteroatoms. The van der Waals surface area contributed by atoms with Crippen molar-refractivity contribution in [1.29, 1.82) is 0 Å². The minimum atomic E-state index is -0.372. The van der Waals surface area contributed by atoms with Crippen molar-refractivity contribution in [1.82, 2.24) is 10.2 Å². The van der Waals surface area contributed by atoms with Crippen molar-refractivity contribution < 1.29 is 9.72 Å². The van der Waals surface area contributed by atoms with Gasteiger partial charge in [-0.1, -0.05) is 0 Å². The lowest BCUT2D eigenvalue weighted by Crippen LogP contribution is -2.43. The molecule has 24 heavy (non-hydrogen) atoms. The highest BCUT2D eigenvalue weighted by atomic mass is 16.6. The van der Waals surface area contributed by atoms with E-state index < -0.39 is 0 Å². The van der Waals surface area contributed by atoms with E-state index in [4.69, 9.17) is 0 Å². The molecule has 0 bridgehead atoms. The fourth-order valence-electron chi connectivity index (χ4n) is 4.28. The van der Waals surface area contributed by atoms with Gasteiger partial charge in [0.2, 0.25) is 5.91 Å². The van der Waals surface area contributed by atoms with Crippen LogP contribution in [0, 0.1) is 22.0 Å². The van der Waals surface area contributed by atoms with E-state index in [9.17, 15) is 14.9 Å². The van der Waals surface area contributed by atoms with Gasteiger partial charge in [-0.15, -0.1) is 0 Å². The summed E-state index contributed by atoms with van der Waals surface area (Å²) in [6.07, 6.45) is 2.05. The zero-order valence-corrected chi connectivity index (χ0v) is 13.6. The Morgan fingerprint density at radius 3 is 2.33 bits per heavy atom. The second-order valence-electron chi connectivity index (χ2n) is 7.09. The van der Waals surface area contributed by atoms with E-state index in [1.54, 1.807) is 12.1 Å². The topological polar surface area (TPSA) is 78.7 Å². The van der Waals surface area contributed by atoms with Crippen LogP contribution in [0.1, 0.15) is 12.8 Å². The molecule has 4 rings (SSSR count). The smallest absolute Gasteiger partial charge is 0.269 e. The third-order valence-electron chi connectivity index (χ3n) is 5.58. The molecule has 0 radical (unpaired) electrons. The van der Waals surface area contributed by atoms with E-state index in [1.165, 1.54) is 0 Å². The Hall–Kier alpha value is -2.15. The van der Waals surface area contributed by atoms with Crippen LogP contribution in [0.15, 0.2) is 24.3 Å². The lowest BCUT2D eigenvalue weighted by Gasteiger charge is -2.25. The molecule has 3 heterocycles. The van der Waals surface area contributed by atoms with Crippen molar-refractivity contribution in [3.8, 4) is 0 Å². The number of carbonyl (C=O) groups excluding carboxylic acids is 1. The van der Waals surface area contributed by atoms with Crippen LogP contribution in [0.2, 0.25) is 0 Å². The summed E-state index contributed by atoms with van der Waals surface area (Å²) in [5, 5.41) is 14.0. The molecule has 0 saturated carbocycles. The van der Waals surface area contributed by atoms with E-state index in [1.807, 2.05) is 17.0 Å². The van der Waals surface area contributed by atoms with Crippen LogP contribution in [0.25, 0.3) is 0 Å². The molecule has 128 valence electrons. The summed E-state index contributed by atoms with van der Waals surface area (Å²) in [4.78, 5) is 27.2. The molecule has 3 aliphatic rings. The highest BCUT2D eigenvalue weighted by Gasteiger charge is 2.43. The zero-order chi connectivity index (χ0) is 16.7. The van der Waals surface area contributed by atoms with Crippen LogP contribution in [0.5, 0.6) is 0 Å². The van der Waals surface area contributed by atoms with Gasteiger partial charge in [0.05, 0.1) is 11.0 Å². The molecule has 3 fully saturated rings. The van der Waals surface area contributed by atoms with Crippen LogP contribution >= 0.6 is 0 Å². The quantitative estimate of drug-likeness (QED) is 0.666. The van der Waals surface area contributed by atoms with Crippen molar-refractivity contribution in [3.05, 3.63) is 34.4 Å². The molecule has 1 amide bonds. The normalized spacial score (nSPS) is 29.1. The van der Waals surface area contributed by atoms with E-state index in [2.05, 4.69) is 10.2 Å². The molecule has 0 aliphatic carbocycles. The molecule has 3 unspecified atom stereocenters. The first-order chi connectivity index (χ1) is 11.6. The Kier molecular flexibility index (Phi) is 3.88. The highest BCUT2D eigenvalue weighted by molar-refractivity contribution is 5.82. The molecule has 3 aliphatic heterocycles. The van der Waals surface area contributed by atoms with Crippen molar-refractivity contribution >= 4 is 17.3 Å². The number of hydrogen-bond donors (Lipinski definition) is 1. The van der Waals surface area contributed by atoms with Crippen LogP contribution in [0.3, 0.4) is 0 Å². The molecule has 0 spiro atoms. The fourth-order valence-corrected chi connectivity index (χ4v) is 4.28. The second-order valence-corrected chi connectivity index (χ2v) is 7.09. The lowest BCUT2D eigenvalue weighted by atomic mass is 10.0. The van der Waals surface area contributed by atoms with Crippen molar-refractivity contribution in [2.45, 2.75) is 18.9 Å². The Labute approximate surface area is 140 Å². The molecule has 1 aromatic carbocycles. The summed E-state index contributed by atoms with van der Waals surface area (Å²) in [7, 11) is 0. The van der Waals surface area contributed by atoms with Gasteiger partial charge in [-0.2, -0.15) is 0 Å². The zero-order valence-electron chi connectivity index (χ0n) is 13.6. The number of likely N-dealkylation sites (tertiary alicyclic amines) is 1. The number of non-ortho nitro benzene ring substituents is 1. The van der Waals surface area contributed by atoms with Crippen LogP contribution in [-0.4, -0.2) is 54.5 Å². The summed E-state index contributed by atoms with van der Waals surface area (Å²) < 4.78 is 0. The van der Waals surface area contributed by atoms with E-state index >= 15 is 0 Å². The third-order valence-corrected chi connectivity index (χ3v) is 5.58. The maximum Gasteiger partial charge on any atom is 0.269 e. The summed E-state index contributed by atoms with van der Waals surface area (Å²) in [5.41, 5.74) is 1.16. The first kappa shape index (κ1) is 15.4. The monoisotopic (exact) mass is 330 g/mol. The van der Waals surface area contributed by atoms with E-state index in [0.29, 0.717) is 11.8 Å². The number of nitro groups is 1. The maximum atomic E-state index is 12.5. The van der Waals surface area contributed by atoms with Gasteiger partial charge >= 0.3 is 0 Å². The minimum absolute atomic E-state index is 0.0228. The van der Waals surface area contributed by atoms with Crippen molar-refractivity contribution in [2.75, 3.05) is 37.6 Å². The molecule has 1 N–H and O–H groups in total. The number of nitrogens with zero attached hydrogens (tertiary/aromatic N) is 3. The lowest BCUT2D eigenvalue weighted by molar-refractivity contribution is -0.384. The van der Waals surface area contributed by atoms with Gasteiger partial charge in [0, 0.05) is 55.8 Å². The predicted octanol–water partition coefficient (Wildman–Crippen LogP) is 1.24. The Morgan fingerprint density at radius 2 is 1.79 bits per heavy atom. The summed E-state index contributed by atoms with van der Waals surface area (Å²) in [6, 6.07) is 6.79. The van der Waals surface area contributed by atoms with Crippen LogP contribution in [0.4, 0.5) is 11.4 Å². The molecular weight excluding hydrogens is 308 g/mol. The summed E-state index contributed by atoms with van der Waals surface area (Å²) in [6.45, 7) is 4.47. The SMILES string of the molecule is O=C(C1CCCN1)N1CC2CN(c3ccc([N+](=O)[O-])cc3)CC2C1. The molecule has 3 saturated heterocycles. The Balaban J connectivity index is 1.37. The molecule has 0 aromatic heterocycles. The maximum absolute atomic E-state index is 12.5. The number of amides is 1. The number of fused-ring (bicyclic) bond motifs is 1. The minimum Gasteiger partial charge on any atom is -0.371 e. The molecule has 3 atom stereocenters. The number of nitro benzene ring substituents is 1. The largest absolute Gasteiger partial charge is 0.371 e. The molecule has 1 aromatic rings. The second kappa shape index (κ2) is 6.05. The average Bonchev–Trinajstić information content (AvgIpc) is 3.30. The Morgan fingerprint density at radius 1 is 1.12 bits per heavy atom. The summed E-state index contributed by atoms with van der Waals surface area (Å²) >= 11 is 0. The summed E-state index contributed by atoms with van der Waals surface area (Å²) in [5.74, 6) is 1.28. The van der Waals surface area contributed by atoms with Gasteiger partial charge in [0.1, 0.15) is 0 Å². The van der Waals surface area contributed by atoms with Crippen molar-refractivity contribution in [2.24, 2.45) is 11.8 Å². The van der Waals surface area contributed by atoms with Gasteiger partial charge in [-0.25, -0.2) is 0 Å². The number of hydrogen-bond acceptors (Lipinski definition) is 5. The van der Waals surface area contributed by atoms with E-state index in [-0.39, 0.29) is 22.6 Å². The Bertz CT molecular complexity index is 628. The molecule has 7 nitrogen and oxygen atoms in total. The number of anilines is 1. The first-order valence-electron chi connectivity index (χ1n) is 8.63. The van der Waals surface area contributed by atoms with Gasteiger partial charge in [-0.05, 0) is 31.5 Å². The van der Waals surface area contributed by atoms with Crippen molar-refractivity contribution in [3.63, 3.8) is 0 Å². The first-order valence-corrected chi connectivity index (χ1v) is 8.63. The molecular formula is C17H22N4O3. The van der Waals surface area contributed by atoms with Gasteiger partial charge in [0.15, 0.2) is 0 Å². The average molecular weight is 330 g/mol. The highest BCUT2D eigenvalue weighted by Crippen LogP contribution is 2.35. The van der Waals surface area contributed by atoms with Crippen LogP contribution in [-0.2, 0) is 4.79 Å². The fraction of sp³-hybridized carbons (Fsp3) is 0.588.